The van der Waals surface area contributed by atoms with Gasteiger partial charge in [-0.1, -0.05) is 32.5 Å². The molecule has 1 rings (SSSR count). The van der Waals surface area contributed by atoms with Crippen LogP contribution in [0, 0.1) is 5.41 Å². The third-order valence-corrected chi connectivity index (χ3v) is 3.98. The summed E-state index contributed by atoms with van der Waals surface area (Å²) >= 11 is 1.52. The van der Waals surface area contributed by atoms with E-state index in [1.54, 1.807) is 27.3 Å². The van der Waals surface area contributed by atoms with E-state index in [2.05, 4.69) is 41.3 Å². The standard InChI is InChI=1S/C13H22N4O2S/c1-13(2,3)9(8-15-14-4)20-12-16-10(18-5)7-11(17-12)19-6/h7-9,14H,1-6H3/b15-8+. The van der Waals surface area contributed by atoms with Crippen molar-refractivity contribution in [1.82, 2.24) is 15.4 Å². The van der Waals surface area contributed by atoms with E-state index in [0.717, 1.165) is 0 Å². The Morgan fingerprint density at radius 3 is 2.20 bits per heavy atom. The first-order chi connectivity index (χ1) is 9.40. The Labute approximate surface area is 124 Å². The number of rotatable bonds is 6. The molecule has 20 heavy (non-hydrogen) atoms. The maximum atomic E-state index is 5.16. The fourth-order valence-electron chi connectivity index (χ4n) is 1.33. The predicted octanol–water partition coefficient (Wildman–Crippen LogP) is 2.21. The third-order valence-electron chi connectivity index (χ3n) is 2.50. The Balaban J connectivity index is 3.01. The molecule has 1 aromatic heterocycles. The first-order valence-electron chi connectivity index (χ1n) is 6.24. The van der Waals surface area contributed by atoms with Crippen LogP contribution in [0.5, 0.6) is 11.8 Å². The molecule has 0 saturated carbocycles. The molecule has 0 saturated heterocycles. The quantitative estimate of drug-likeness (QED) is 0.376. The summed E-state index contributed by atoms with van der Waals surface area (Å²) in [6.07, 6.45) is 1.86. The Kier molecular flexibility index (Phi) is 6.06. The number of aromatic nitrogens is 2. The van der Waals surface area contributed by atoms with Gasteiger partial charge in [-0.15, -0.1) is 0 Å². The molecule has 0 bridgehead atoms. The molecular weight excluding hydrogens is 276 g/mol. The second-order valence-electron chi connectivity index (χ2n) is 5.14. The highest BCUT2D eigenvalue weighted by Gasteiger charge is 2.26. The molecular formula is C13H22N4O2S. The minimum atomic E-state index is 0.0185. The molecule has 0 aliphatic heterocycles. The van der Waals surface area contributed by atoms with Gasteiger partial charge in [0.25, 0.3) is 0 Å². The largest absolute Gasteiger partial charge is 0.481 e. The average molecular weight is 298 g/mol. The van der Waals surface area contributed by atoms with Crippen LogP contribution in [0.2, 0.25) is 0 Å². The monoisotopic (exact) mass is 298 g/mol. The van der Waals surface area contributed by atoms with E-state index in [4.69, 9.17) is 9.47 Å². The van der Waals surface area contributed by atoms with Gasteiger partial charge in [0.15, 0.2) is 5.16 Å². The zero-order valence-corrected chi connectivity index (χ0v) is 13.6. The predicted molar refractivity (Wildman–Crippen MR) is 81.8 cm³/mol. The van der Waals surface area contributed by atoms with Crippen molar-refractivity contribution >= 4 is 18.0 Å². The van der Waals surface area contributed by atoms with Gasteiger partial charge in [0.05, 0.1) is 25.5 Å². The molecule has 112 valence electrons. The first kappa shape index (κ1) is 16.6. The Morgan fingerprint density at radius 1 is 1.25 bits per heavy atom. The van der Waals surface area contributed by atoms with Gasteiger partial charge >= 0.3 is 0 Å². The van der Waals surface area contributed by atoms with Gasteiger partial charge in [-0.25, -0.2) is 0 Å². The maximum absolute atomic E-state index is 5.16. The van der Waals surface area contributed by atoms with Crippen molar-refractivity contribution in [3.05, 3.63) is 6.07 Å². The molecule has 0 aliphatic rings. The lowest BCUT2D eigenvalue weighted by molar-refractivity contribution is 0.364. The molecule has 7 heteroatoms. The number of methoxy groups -OCH3 is 2. The second kappa shape index (κ2) is 7.33. The van der Waals surface area contributed by atoms with Crippen LogP contribution in [0.4, 0.5) is 0 Å². The SMILES string of the molecule is CN/N=C/C(Sc1nc(OC)cc(OC)n1)C(C)(C)C. The Hall–Kier alpha value is -1.50. The molecule has 0 fully saturated rings. The van der Waals surface area contributed by atoms with Crippen LogP contribution in [0.3, 0.4) is 0 Å². The lowest BCUT2D eigenvalue weighted by Gasteiger charge is -2.26. The van der Waals surface area contributed by atoms with Crippen molar-refractivity contribution in [1.29, 1.82) is 0 Å². The number of hydrogen-bond donors (Lipinski definition) is 1. The van der Waals surface area contributed by atoms with E-state index in [0.29, 0.717) is 16.9 Å². The third kappa shape index (κ3) is 4.88. The minimum absolute atomic E-state index is 0.0185. The summed E-state index contributed by atoms with van der Waals surface area (Å²) < 4.78 is 10.3. The summed E-state index contributed by atoms with van der Waals surface area (Å²) in [4.78, 5) is 8.66. The molecule has 1 heterocycles. The zero-order valence-electron chi connectivity index (χ0n) is 12.8. The summed E-state index contributed by atoms with van der Waals surface area (Å²) in [5.41, 5.74) is 2.79. The van der Waals surface area contributed by atoms with Crippen molar-refractivity contribution in [2.45, 2.75) is 31.2 Å². The summed E-state index contributed by atoms with van der Waals surface area (Å²) in [5.74, 6) is 0.968. The highest BCUT2D eigenvalue weighted by Crippen LogP contribution is 2.34. The fourth-order valence-corrected chi connectivity index (χ4v) is 2.32. The van der Waals surface area contributed by atoms with E-state index < -0.39 is 0 Å². The van der Waals surface area contributed by atoms with Crippen molar-refractivity contribution in [3.63, 3.8) is 0 Å². The number of nitrogens with one attached hydrogen (secondary N) is 1. The number of thioether (sulfide) groups is 1. The Bertz CT molecular complexity index is 438. The van der Waals surface area contributed by atoms with Crippen molar-refractivity contribution in [3.8, 4) is 11.8 Å². The summed E-state index contributed by atoms with van der Waals surface area (Å²) in [7, 11) is 4.91. The fraction of sp³-hybridized carbons (Fsp3) is 0.615. The highest BCUT2D eigenvalue weighted by atomic mass is 32.2. The highest BCUT2D eigenvalue weighted by molar-refractivity contribution is 8.00. The molecule has 0 radical (unpaired) electrons. The summed E-state index contributed by atoms with van der Waals surface area (Å²) in [6.45, 7) is 6.43. The second-order valence-corrected chi connectivity index (χ2v) is 6.25. The smallest absolute Gasteiger partial charge is 0.220 e. The first-order valence-corrected chi connectivity index (χ1v) is 7.12. The summed E-state index contributed by atoms with van der Waals surface area (Å²) in [5, 5.41) is 4.82. The van der Waals surface area contributed by atoms with E-state index in [1.807, 2.05) is 6.21 Å². The Morgan fingerprint density at radius 2 is 1.80 bits per heavy atom. The molecule has 0 aromatic carbocycles. The van der Waals surface area contributed by atoms with Gasteiger partial charge in [0.2, 0.25) is 11.8 Å². The number of hydrogen-bond acceptors (Lipinski definition) is 7. The lowest BCUT2D eigenvalue weighted by Crippen LogP contribution is -2.25. The van der Waals surface area contributed by atoms with Crippen LogP contribution in [0.15, 0.2) is 16.3 Å². The van der Waals surface area contributed by atoms with E-state index in [-0.39, 0.29) is 10.7 Å². The topological polar surface area (TPSA) is 68.6 Å². The number of ether oxygens (including phenoxy) is 2. The van der Waals surface area contributed by atoms with Crippen LogP contribution in [0.1, 0.15) is 20.8 Å². The van der Waals surface area contributed by atoms with Crippen molar-refractivity contribution in [2.24, 2.45) is 10.5 Å². The molecule has 0 aliphatic carbocycles. The van der Waals surface area contributed by atoms with Gasteiger partial charge in [-0.3, -0.25) is 0 Å². The molecule has 1 unspecified atom stereocenters. The van der Waals surface area contributed by atoms with E-state index in [9.17, 15) is 0 Å². The van der Waals surface area contributed by atoms with Gasteiger partial charge in [-0.2, -0.15) is 15.1 Å². The van der Waals surface area contributed by atoms with E-state index in [1.165, 1.54) is 11.8 Å². The molecule has 0 amide bonds. The van der Waals surface area contributed by atoms with Crippen molar-refractivity contribution in [2.75, 3.05) is 21.3 Å². The van der Waals surface area contributed by atoms with Gasteiger partial charge in [0.1, 0.15) is 0 Å². The minimum Gasteiger partial charge on any atom is -0.481 e. The zero-order chi connectivity index (χ0) is 15.2. The van der Waals surface area contributed by atoms with Crippen LogP contribution in [-0.2, 0) is 0 Å². The van der Waals surface area contributed by atoms with Crippen LogP contribution >= 0.6 is 11.8 Å². The number of nitrogens with zero attached hydrogens (tertiary/aromatic N) is 3. The van der Waals surface area contributed by atoms with Crippen molar-refractivity contribution < 1.29 is 9.47 Å². The van der Waals surface area contributed by atoms with Crippen LogP contribution in [0.25, 0.3) is 0 Å². The average Bonchev–Trinajstić information content (AvgIpc) is 2.41. The molecule has 1 N–H and O–H groups in total. The van der Waals surface area contributed by atoms with Gasteiger partial charge in [-0.05, 0) is 5.41 Å². The van der Waals surface area contributed by atoms with Gasteiger partial charge < -0.3 is 14.9 Å². The molecule has 6 nitrogen and oxygen atoms in total. The molecule has 1 aromatic rings. The summed E-state index contributed by atoms with van der Waals surface area (Å²) in [6, 6.07) is 1.65. The molecule has 1 atom stereocenters. The van der Waals surface area contributed by atoms with E-state index >= 15 is 0 Å². The van der Waals surface area contributed by atoms with Gasteiger partial charge in [0, 0.05) is 13.3 Å². The lowest BCUT2D eigenvalue weighted by atomic mass is 9.92. The van der Waals surface area contributed by atoms with Crippen LogP contribution in [-0.4, -0.2) is 42.7 Å². The maximum Gasteiger partial charge on any atom is 0.220 e. The normalized spacial score (nSPS) is 13.3. The number of hydrazone groups is 1. The molecule has 0 spiro atoms. The van der Waals surface area contributed by atoms with Crippen LogP contribution < -0.4 is 14.9 Å².